The number of carbonyl (C=O) groups excluding carboxylic acids is 1. The second-order valence-electron chi connectivity index (χ2n) is 7.29. The van der Waals surface area contributed by atoms with E-state index < -0.39 is 5.82 Å². The molecule has 0 radical (unpaired) electrons. The van der Waals surface area contributed by atoms with E-state index in [0.29, 0.717) is 5.16 Å². The second kappa shape index (κ2) is 8.02. The molecule has 2 aromatic carbocycles. The molecule has 3 aromatic rings. The van der Waals surface area contributed by atoms with Crippen molar-refractivity contribution in [3.8, 4) is 11.4 Å². The van der Waals surface area contributed by atoms with Gasteiger partial charge in [-0.2, -0.15) is 0 Å². The predicted octanol–water partition coefficient (Wildman–Crippen LogP) is 3.83. The van der Waals surface area contributed by atoms with Crippen LogP contribution >= 0.6 is 11.8 Å². The SMILES string of the molecule is CC(C)(C)c1ccccc1NC(=O)CSc1nnc(-c2ccccc2F)n1N. The molecule has 1 aromatic heterocycles. The van der Waals surface area contributed by atoms with Crippen LogP contribution in [0.4, 0.5) is 10.1 Å². The lowest BCUT2D eigenvalue weighted by molar-refractivity contribution is -0.113. The first-order valence-electron chi connectivity index (χ1n) is 8.75. The number of carbonyl (C=O) groups is 1. The number of thioether (sulfide) groups is 1. The molecule has 0 aliphatic rings. The first-order chi connectivity index (χ1) is 13.3. The Kier molecular flexibility index (Phi) is 5.69. The summed E-state index contributed by atoms with van der Waals surface area (Å²) in [5.41, 5.74) is 2.00. The summed E-state index contributed by atoms with van der Waals surface area (Å²) in [7, 11) is 0. The van der Waals surface area contributed by atoms with Crippen LogP contribution in [0.1, 0.15) is 26.3 Å². The average molecular weight is 399 g/mol. The van der Waals surface area contributed by atoms with Crippen molar-refractivity contribution >= 4 is 23.4 Å². The Balaban J connectivity index is 1.69. The first kappa shape index (κ1) is 19.9. The summed E-state index contributed by atoms with van der Waals surface area (Å²) >= 11 is 1.14. The Hall–Kier alpha value is -2.87. The maximum absolute atomic E-state index is 13.9. The molecular formula is C20H22FN5OS. The molecule has 6 nitrogen and oxygen atoms in total. The first-order valence-corrected chi connectivity index (χ1v) is 9.73. The molecule has 3 rings (SSSR count). The number of halogens is 1. The van der Waals surface area contributed by atoms with E-state index >= 15 is 0 Å². The lowest BCUT2D eigenvalue weighted by Gasteiger charge is -2.22. The molecule has 0 atom stereocenters. The van der Waals surface area contributed by atoms with Gasteiger partial charge in [-0.25, -0.2) is 9.07 Å². The maximum Gasteiger partial charge on any atom is 0.234 e. The molecule has 28 heavy (non-hydrogen) atoms. The molecule has 0 saturated heterocycles. The molecule has 8 heteroatoms. The minimum atomic E-state index is -0.435. The van der Waals surface area contributed by atoms with Crippen LogP contribution in [0.25, 0.3) is 11.4 Å². The molecule has 0 aliphatic carbocycles. The van der Waals surface area contributed by atoms with Crippen LogP contribution in [0.3, 0.4) is 0 Å². The maximum atomic E-state index is 13.9. The zero-order valence-electron chi connectivity index (χ0n) is 15.9. The van der Waals surface area contributed by atoms with Crippen LogP contribution in [0, 0.1) is 5.82 Å². The Morgan fingerprint density at radius 3 is 2.54 bits per heavy atom. The second-order valence-corrected chi connectivity index (χ2v) is 8.23. The fraction of sp³-hybridized carbons (Fsp3) is 0.250. The third-order valence-corrected chi connectivity index (χ3v) is 5.06. The van der Waals surface area contributed by atoms with Gasteiger partial charge in [-0.3, -0.25) is 4.79 Å². The third kappa shape index (κ3) is 4.33. The van der Waals surface area contributed by atoms with Crippen LogP contribution in [0.15, 0.2) is 53.7 Å². The van der Waals surface area contributed by atoms with E-state index in [9.17, 15) is 9.18 Å². The highest BCUT2D eigenvalue weighted by molar-refractivity contribution is 7.99. The Labute approximate surface area is 167 Å². The van der Waals surface area contributed by atoms with Crippen molar-refractivity contribution < 1.29 is 9.18 Å². The Morgan fingerprint density at radius 2 is 1.82 bits per heavy atom. The van der Waals surface area contributed by atoms with Gasteiger partial charge in [0.2, 0.25) is 11.1 Å². The van der Waals surface area contributed by atoms with Gasteiger partial charge >= 0.3 is 0 Å². The Bertz CT molecular complexity index is 996. The molecule has 0 unspecified atom stereocenters. The van der Waals surface area contributed by atoms with Gasteiger partial charge in [0, 0.05) is 5.69 Å². The van der Waals surface area contributed by atoms with Gasteiger partial charge in [0.25, 0.3) is 0 Å². The van der Waals surface area contributed by atoms with Gasteiger partial charge in [-0.15, -0.1) is 10.2 Å². The summed E-state index contributed by atoms with van der Waals surface area (Å²) in [5, 5.41) is 11.2. The number of hydrogen-bond donors (Lipinski definition) is 2. The number of amides is 1. The molecule has 0 fully saturated rings. The van der Waals surface area contributed by atoms with E-state index in [-0.39, 0.29) is 28.5 Å². The largest absolute Gasteiger partial charge is 0.335 e. The predicted molar refractivity (Wildman–Crippen MR) is 110 cm³/mol. The summed E-state index contributed by atoms with van der Waals surface area (Å²) < 4.78 is 15.1. The lowest BCUT2D eigenvalue weighted by atomic mass is 9.86. The fourth-order valence-electron chi connectivity index (χ4n) is 2.76. The molecular weight excluding hydrogens is 377 g/mol. The monoisotopic (exact) mass is 399 g/mol. The zero-order valence-corrected chi connectivity index (χ0v) is 16.8. The van der Waals surface area contributed by atoms with Crippen LogP contribution in [-0.4, -0.2) is 26.5 Å². The van der Waals surface area contributed by atoms with E-state index in [2.05, 4.69) is 36.3 Å². The van der Waals surface area contributed by atoms with Crippen molar-refractivity contribution in [1.29, 1.82) is 0 Å². The van der Waals surface area contributed by atoms with Gasteiger partial charge in [-0.1, -0.05) is 62.9 Å². The Morgan fingerprint density at radius 1 is 1.14 bits per heavy atom. The molecule has 146 valence electrons. The topological polar surface area (TPSA) is 85.8 Å². The minimum Gasteiger partial charge on any atom is -0.335 e. The van der Waals surface area contributed by atoms with Gasteiger partial charge < -0.3 is 11.2 Å². The van der Waals surface area contributed by atoms with Crippen LogP contribution in [0.2, 0.25) is 0 Å². The number of benzene rings is 2. The van der Waals surface area contributed by atoms with Crippen molar-refractivity contribution in [3.05, 3.63) is 59.9 Å². The number of para-hydroxylation sites is 1. The van der Waals surface area contributed by atoms with Crippen LogP contribution in [0.5, 0.6) is 0 Å². The van der Waals surface area contributed by atoms with E-state index in [1.165, 1.54) is 10.7 Å². The van der Waals surface area contributed by atoms with Gasteiger partial charge in [-0.05, 0) is 29.2 Å². The molecule has 1 amide bonds. The number of rotatable bonds is 5. The third-order valence-electron chi connectivity index (χ3n) is 4.12. The highest BCUT2D eigenvalue weighted by Crippen LogP contribution is 2.29. The summed E-state index contributed by atoms with van der Waals surface area (Å²) in [6, 6.07) is 13.9. The number of nitrogens with one attached hydrogen (secondary N) is 1. The smallest absolute Gasteiger partial charge is 0.234 e. The molecule has 0 saturated carbocycles. The number of hydrogen-bond acceptors (Lipinski definition) is 5. The highest BCUT2D eigenvalue weighted by Gasteiger charge is 2.20. The highest BCUT2D eigenvalue weighted by atomic mass is 32.2. The van der Waals surface area contributed by atoms with Gasteiger partial charge in [0.15, 0.2) is 5.82 Å². The summed E-state index contributed by atoms with van der Waals surface area (Å²) in [5.74, 6) is 5.69. The van der Waals surface area contributed by atoms with Crippen molar-refractivity contribution in [2.75, 3.05) is 16.9 Å². The van der Waals surface area contributed by atoms with Crippen LogP contribution in [-0.2, 0) is 10.2 Å². The van der Waals surface area contributed by atoms with E-state index in [1.807, 2.05) is 24.3 Å². The normalized spacial score (nSPS) is 11.4. The van der Waals surface area contributed by atoms with Crippen molar-refractivity contribution in [1.82, 2.24) is 14.9 Å². The number of aromatic nitrogens is 3. The van der Waals surface area contributed by atoms with Crippen molar-refractivity contribution in [2.24, 2.45) is 0 Å². The van der Waals surface area contributed by atoms with E-state index in [1.54, 1.807) is 18.2 Å². The molecule has 0 bridgehead atoms. The number of nitrogens with two attached hydrogens (primary N) is 1. The van der Waals surface area contributed by atoms with Gasteiger partial charge in [0.05, 0.1) is 11.3 Å². The number of nitrogens with zero attached hydrogens (tertiary/aromatic N) is 3. The van der Waals surface area contributed by atoms with Crippen molar-refractivity contribution in [2.45, 2.75) is 31.3 Å². The number of anilines is 1. The quantitative estimate of drug-likeness (QED) is 0.503. The fourth-order valence-corrected chi connectivity index (χ4v) is 3.42. The standard InChI is InChI=1S/C20H22FN5OS/c1-20(2,3)14-9-5-7-11-16(14)23-17(27)12-28-19-25-24-18(26(19)22)13-8-4-6-10-15(13)21/h4-11H,12,22H2,1-3H3,(H,23,27). The van der Waals surface area contributed by atoms with Crippen LogP contribution < -0.4 is 11.2 Å². The zero-order chi connectivity index (χ0) is 20.3. The average Bonchev–Trinajstić information content (AvgIpc) is 3.00. The van der Waals surface area contributed by atoms with Gasteiger partial charge in [0.1, 0.15) is 5.82 Å². The minimum absolute atomic E-state index is 0.0941. The van der Waals surface area contributed by atoms with E-state index in [4.69, 9.17) is 5.84 Å². The molecule has 0 spiro atoms. The summed E-state index contributed by atoms with van der Waals surface area (Å²) in [6.45, 7) is 6.27. The number of nitrogen functional groups attached to an aromatic ring is 1. The summed E-state index contributed by atoms with van der Waals surface area (Å²) in [6.07, 6.45) is 0. The van der Waals surface area contributed by atoms with E-state index in [0.717, 1.165) is 23.0 Å². The molecule has 3 N–H and O–H groups in total. The molecule has 1 heterocycles. The molecule has 0 aliphatic heterocycles. The van der Waals surface area contributed by atoms with Crippen molar-refractivity contribution in [3.63, 3.8) is 0 Å². The summed E-state index contributed by atoms with van der Waals surface area (Å²) in [4.78, 5) is 12.4. The lowest BCUT2D eigenvalue weighted by Crippen LogP contribution is -2.20.